The number of nitrogens with two attached hydrogens (primary N) is 1. The molecule has 4 nitrogen and oxygen atoms in total. The number of methoxy groups -OCH3 is 1. The first-order valence-corrected chi connectivity index (χ1v) is 5.78. The van der Waals surface area contributed by atoms with Gasteiger partial charge in [-0.15, -0.1) is 0 Å². The van der Waals surface area contributed by atoms with Crippen molar-refractivity contribution in [2.75, 3.05) is 19.5 Å². The standard InChI is InChI=1S/C13H19NO3/c1-3-4-5-6-17-13-11(14)7-10(9-15)8-12(13)16-2/h7-9H,3-6,14H2,1-2H3. The van der Waals surface area contributed by atoms with Gasteiger partial charge in [-0.05, 0) is 18.6 Å². The molecule has 0 fully saturated rings. The van der Waals surface area contributed by atoms with Gasteiger partial charge < -0.3 is 15.2 Å². The molecule has 2 N–H and O–H groups in total. The van der Waals surface area contributed by atoms with Gasteiger partial charge in [-0.25, -0.2) is 0 Å². The Morgan fingerprint density at radius 1 is 1.35 bits per heavy atom. The summed E-state index contributed by atoms with van der Waals surface area (Å²) >= 11 is 0. The number of benzene rings is 1. The quantitative estimate of drug-likeness (QED) is 0.450. The molecule has 0 heterocycles. The predicted octanol–water partition coefficient (Wildman–Crippen LogP) is 2.66. The van der Waals surface area contributed by atoms with Crippen molar-refractivity contribution in [1.82, 2.24) is 0 Å². The Morgan fingerprint density at radius 3 is 2.71 bits per heavy atom. The summed E-state index contributed by atoms with van der Waals surface area (Å²) in [5.41, 5.74) is 6.74. The Kier molecular flexibility index (Phi) is 5.33. The van der Waals surface area contributed by atoms with Gasteiger partial charge in [0.15, 0.2) is 11.5 Å². The number of ether oxygens (including phenoxy) is 2. The summed E-state index contributed by atoms with van der Waals surface area (Å²) in [7, 11) is 1.53. The minimum atomic E-state index is 0.433. The molecule has 4 heteroatoms. The molecule has 0 aliphatic carbocycles. The number of hydrogen-bond donors (Lipinski definition) is 1. The van der Waals surface area contributed by atoms with Crippen LogP contribution in [-0.2, 0) is 0 Å². The Labute approximate surface area is 102 Å². The van der Waals surface area contributed by atoms with Crippen molar-refractivity contribution >= 4 is 12.0 Å². The zero-order valence-electron chi connectivity index (χ0n) is 10.4. The van der Waals surface area contributed by atoms with Crippen LogP contribution in [0.4, 0.5) is 5.69 Å². The summed E-state index contributed by atoms with van der Waals surface area (Å²) in [6.07, 6.45) is 3.98. The monoisotopic (exact) mass is 237 g/mol. The first-order valence-electron chi connectivity index (χ1n) is 5.78. The lowest BCUT2D eigenvalue weighted by Gasteiger charge is -2.13. The normalized spacial score (nSPS) is 10.0. The zero-order valence-corrected chi connectivity index (χ0v) is 10.4. The van der Waals surface area contributed by atoms with E-state index in [0.717, 1.165) is 25.5 Å². The number of nitrogen functional groups attached to an aromatic ring is 1. The van der Waals surface area contributed by atoms with Crippen molar-refractivity contribution in [2.45, 2.75) is 26.2 Å². The highest BCUT2D eigenvalue weighted by molar-refractivity contribution is 5.80. The topological polar surface area (TPSA) is 61.5 Å². The summed E-state index contributed by atoms with van der Waals surface area (Å²) < 4.78 is 10.8. The highest BCUT2D eigenvalue weighted by Gasteiger charge is 2.10. The third kappa shape index (κ3) is 3.66. The van der Waals surface area contributed by atoms with Crippen molar-refractivity contribution in [3.63, 3.8) is 0 Å². The second-order valence-corrected chi connectivity index (χ2v) is 3.81. The fourth-order valence-corrected chi connectivity index (χ4v) is 1.55. The van der Waals surface area contributed by atoms with Gasteiger partial charge in [-0.3, -0.25) is 4.79 Å². The van der Waals surface area contributed by atoms with Gasteiger partial charge >= 0.3 is 0 Å². The van der Waals surface area contributed by atoms with E-state index in [1.807, 2.05) is 0 Å². The maximum atomic E-state index is 10.7. The molecular weight excluding hydrogens is 218 g/mol. The summed E-state index contributed by atoms with van der Waals surface area (Å²) in [5.74, 6) is 1.03. The molecule has 0 aliphatic rings. The predicted molar refractivity (Wildman–Crippen MR) is 67.8 cm³/mol. The summed E-state index contributed by atoms with van der Waals surface area (Å²) in [6.45, 7) is 2.74. The number of rotatable bonds is 7. The number of carbonyl (C=O) groups is 1. The number of aldehydes is 1. The van der Waals surface area contributed by atoms with Crippen molar-refractivity contribution < 1.29 is 14.3 Å². The lowest BCUT2D eigenvalue weighted by Crippen LogP contribution is -2.03. The molecule has 0 unspecified atom stereocenters. The van der Waals surface area contributed by atoms with Crippen LogP contribution in [0.3, 0.4) is 0 Å². The largest absolute Gasteiger partial charge is 0.493 e. The molecule has 0 atom stereocenters. The van der Waals surface area contributed by atoms with Crippen molar-refractivity contribution in [2.24, 2.45) is 0 Å². The zero-order chi connectivity index (χ0) is 12.7. The second kappa shape index (κ2) is 6.78. The minimum Gasteiger partial charge on any atom is -0.493 e. The molecule has 1 rings (SSSR count). The van der Waals surface area contributed by atoms with E-state index in [2.05, 4.69) is 6.92 Å². The lowest BCUT2D eigenvalue weighted by molar-refractivity contribution is 0.112. The molecule has 0 bridgehead atoms. The molecule has 1 aromatic rings. The van der Waals surface area contributed by atoms with Crippen LogP contribution in [0.2, 0.25) is 0 Å². The molecule has 94 valence electrons. The van der Waals surface area contributed by atoms with Gasteiger partial charge in [-0.2, -0.15) is 0 Å². The fraction of sp³-hybridized carbons (Fsp3) is 0.462. The first kappa shape index (κ1) is 13.4. The number of anilines is 1. The number of hydrogen-bond acceptors (Lipinski definition) is 4. The summed E-state index contributed by atoms with van der Waals surface area (Å²) in [6, 6.07) is 3.21. The van der Waals surface area contributed by atoms with Crippen LogP contribution >= 0.6 is 0 Å². The third-order valence-electron chi connectivity index (χ3n) is 2.46. The van der Waals surface area contributed by atoms with Gasteiger partial charge in [0.25, 0.3) is 0 Å². The summed E-state index contributed by atoms with van der Waals surface area (Å²) in [5, 5.41) is 0. The van der Waals surface area contributed by atoms with Crippen LogP contribution in [0.15, 0.2) is 12.1 Å². The van der Waals surface area contributed by atoms with Crippen LogP contribution in [-0.4, -0.2) is 20.0 Å². The highest BCUT2D eigenvalue weighted by Crippen LogP contribution is 2.34. The molecule has 0 amide bonds. The minimum absolute atomic E-state index is 0.433. The van der Waals surface area contributed by atoms with Gasteiger partial charge in [0, 0.05) is 5.56 Å². The van der Waals surface area contributed by atoms with Crippen LogP contribution < -0.4 is 15.2 Å². The van der Waals surface area contributed by atoms with Crippen LogP contribution in [0.25, 0.3) is 0 Å². The highest BCUT2D eigenvalue weighted by atomic mass is 16.5. The number of unbranched alkanes of at least 4 members (excludes halogenated alkanes) is 2. The van der Waals surface area contributed by atoms with Gasteiger partial charge in [0.1, 0.15) is 6.29 Å². The smallest absolute Gasteiger partial charge is 0.184 e. The molecule has 0 aliphatic heterocycles. The molecule has 0 saturated heterocycles. The van der Waals surface area contributed by atoms with E-state index < -0.39 is 0 Å². The molecule has 0 aromatic heterocycles. The van der Waals surface area contributed by atoms with Crippen molar-refractivity contribution in [1.29, 1.82) is 0 Å². The molecular formula is C13H19NO3. The maximum absolute atomic E-state index is 10.7. The van der Waals surface area contributed by atoms with Gasteiger partial charge in [0.05, 0.1) is 19.4 Å². The Morgan fingerprint density at radius 2 is 2.12 bits per heavy atom. The molecule has 1 aromatic carbocycles. The molecule has 0 saturated carbocycles. The number of carbonyl (C=O) groups excluding carboxylic acids is 1. The lowest BCUT2D eigenvalue weighted by atomic mass is 10.2. The van der Waals surface area contributed by atoms with E-state index in [4.69, 9.17) is 15.2 Å². The SMILES string of the molecule is CCCCCOc1c(N)cc(C=O)cc1OC. The average molecular weight is 237 g/mol. The molecule has 0 radical (unpaired) electrons. The fourth-order valence-electron chi connectivity index (χ4n) is 1.55. The Hall–Kier alpha value is -1.71. The van der Waals surface area contributed by atoms with Gasteiger partial charge in [-0.1, -0.05) is 19.8 Å². The molecule has 17 heavy (non-hydrogen) atoms. The van der Waals surface area contributed by atoms with Crippen LogP contribution in [0.5, 0.6) is 11.5 Å². The van der Waals surface area contributed by atoms with Gasteiger partial charge in [0.2, 0.25) is 0 Å². The van der Waals surface area contributed by atoms with E-state index >= 15 is 0 Å². The van der Waals surface area contributed by atoms with E-state index in [1.165, 1.54) is 7.11 Å². The van der Waals surface area contributed by atoms with Crippen LogP contribution in [0.1, 0.15) is 36.5 Å². The van der Waals surface area contributed by atoms with E-state index in [9.17, 15) is 4.79 Å². The third-order valence-corrected chi connectivity index (χ3v) is 2.46. The summed E-state index contributed by atoms with van der Waals surface area (Å²) in [4.78, 5) is 10.7. The Bertz CT molecular complexity index is 377. The van der Waals surface area contributed by atoms with E-state index in [0.29, 0.717) is 29.4 Å². The molecule has 0 spiro atoms. The second-order valence-electron chi connectivity index (χ2n) is 3.81. The van der Waals surface area contributed by atoms with Crippen LogP contribution in [0, 0.1) is 0 Å². The Balaban J connectivity index is 2.79. The van der Waals surface area contributed by atoms with E-state index in [1.54, 1.807) is 12.1 Å². The van der Waals surface area contributed by atoms with Crippen molar-refractivity contribution in [3.05, 3.63) is 17.7 Å². The van der Waals surface area contributed by atoms with E-state index in [-0.39, 0.29) is 0 Å². The first-order chi connectivity index (χ1) is 8.22. The maximum Gasteiger partial charge on any atom is 0.184 e. The average Bonchev–Trinajstić information content (AvgIpc) is 2.35. The van der Waals surface area contributed by atoms with Crippen molar-refractivity contribution in [3.8, 4) is 11.5 Å².